The van der Waals surface area contributed by atoms with Gasteiger partial charge in [0.15, 0.2) is 9.84 Å². The molecule has 0 radical (unpaired) electrons. The van der Waals surface area contributed by atoms with E-state index in [1.807, 2.05) is 0 Å². The van der Waals surface area contributed by atoms with E-state index in [1.54, 1.807) is 12.1 Å². The number of sulfone groups is 1. The minimum atomic E-state index is -3.25. The van der Waals surface area contributed by atoms with Crippen molar-refractivity contribution < 1.29 is 13.2 Å². The van der Waals surface area contributed by atoms with Crippen LogP contribution in [0.1, 0.15) is 17.8 Å². The van der Waals surface area contributed by atoms with Crippen molar-refractivity contribution in [2.24, 2.45) is 0 Å². The summed E-state index contributed by atoms with van der Waals surface area (Å²) >= 11 is 1.35. The highest BCUT2D eigenvalue weighted by Gasteiger charge is 2.20. The van der Waals surface area contributed by atoms with Crippen LogP contribution >= 0.6 is 11.3 Å². The molecule has 0 atom stereocenters. The van der Waals surface area contributed by atoms with Gasteiger partial charge in [-0.15, -0.1) is 5.10 Å². The van der Waals surface area contributed by atoms with Crippen molar-refractivity contribution in [2.45, 2.75) is 30.3 Å². The number of hydrogen-bond acceptors (Lipinski definition) is 7. The molecule has 0 aliphatic heterocycles. The highest BCUT2D eigenvalue weighted by molar-refractivity contribution is 7.90. The minimum absolute atomic E-state index is 0.222. The Balaban J connectivity index is 1.68. The third-order valence-electron chi connectivity index (χ3n) is 3.01. The number of nitrogens with one attached hydrogen (secondary N) is 1. The van der Waals surface area contributed by atoms with E-state index in [0.29, 0.717) is 23.5 Å². The van der Waals surface area contributed by atoms with Gasteiger partial charge in [-0.05, 0) is 31.0 Å². The molecular formula is C13H15N3O3S2. The Labute approximate surface area is 127 Å². The monoisotopic (exact) mass is 325 g/mol. The molecule has 2 aromatic rings. The Morgan fingerprint density at radius 3 is 2.90 bits per heavy atom. The second-order valence-corrected chi connectivity index (χ2v) is 8.01. The van der Waals surface area contributed by atoms with Crippen LogP contribution in [0.25, 0.3) is 0 Å². The highest BCUT2D eigenvalue weighted by atomic mass is 32.2. The van der Waals surface area contributed by atoms with Crippen molar-refractivity contribution in [3.05, 3.63) is 29.3 Å². The number of hydrogen-bond donors (Lipinski definition) is 1. The molecule has 1 aromatic heterocycles. The molecule has 0 bridgehead atoms. The molecule has 1 saturated carbocycles. The van der Waals surface area contributed by atoms with Crippen LogP contribution in [0, 0.1) is 0 Å². The molecular weight excluding hydrogens is 310 g/mol. The van der Waals surface area contributed by atoms with Crippen LogP contribution in [-0.2, 0) is 16.4 Å². The lowest BCUT2D eigenvalue weighted by Gasteiger charge is -2.03. The molecule has 1 aliphatic rings. The predicted molar refractivity (Wildman–Crippen MR) is 79.4 cm³/mol. The fourth-order valence-corrected chi connectivity index (χ4v) is 3.05. The van der Waals surface area contributed by atoms with E-state index >= 15 is 0 Å². The summed E-state index contributed by atoms with van der Waals surface area (Å²) in [5, 5.41) is 12.6. The zero-order chi connectivity index (χ0) is 14.9. The molecule has 6 nitrogen and oxygen atoms in total. The second-order valence-electron chi connectivity index (χ2n) is 4.97. The van der Waals surface area contributed by atoms with Crippen LogP contribution in [0.15, 0.2) is 29.2 Å². The quantitative estimate of drug-likeness (QED) is 0.875. The number of rotatable bonds is 6. The molecule has 8 heteroatoms. The van der Waals surface area contributed by atoms with Gasteiger partial charge in [-0.3, -0.25) is 0 Å². The molecule has 1 fully saturated rings. The smallest absolute Gasteiger partial charge is 0.299 e. The van der Waals surface area contributed by atoms with Gasteiger partial charge in [-0.2, -0.15) is 0 Å². The van der Waals surface area contributed by atoms with E-state index in [2.05, 4.69) is 15.5 Å². The van der Waals surface area contributed by atoms with Crippen molar-refractivity contribution >= 4 is 21.2 Å². The summed E-state index contributed by atoms with van der Waals surface area (Å²) in [6.45, 7) is 0.690. The fraction of sp³-hybridized carbons (Fsp3) is 0.385. The number of nitrogens with zero attached hydrogens (tertiary/aromatic N) is 2. The molecule has 1 heterocycles. The standard InChI is InChI=1S/C13H15N3O3S2/c1-21(17,18)11-4-2-3-10(7-11)19-13-16-15-12(20-13)8-14-9-5-6-9/h2-4,7,9,14H,5-6,8H2,1H3. The van der Waals surface area contributed by atoms with Gasteiger partial charge in [-0.1, -0.05) is 22.5 Å². The van der Waals surface area contributed by atoms with Crippen LogP contribution in [0.3, 0.4) is 0 Å². The van der Waals surface area contributed by atoms with Crippen molar-refractivity contribution in [3.8, 4) is 10.9 Å². The third kappa shape index (κ3) is 3.99. The van der Waals surface area contributed by atoms with Crippen molar-refractivity contribution in [1.82, 2.24) is 15.5 Å². The summed E-state index contributed by atoms with van der Waals surface area (Å²) in [5.41, 5.74) is 0. The number of aromatic nitrogens is 2. The number of ether oxygens (including phenoxy) is 1. The maximum absolute atomic E-state index is 11.5. The Hall–Kier alpha value is -1.51. The van der Waals surface area contributed by atoms with Crippen LogP contribution in [0.5, 0.6) is 10.9 Å². The summed E-state index contributed by atoms with van der Waals surface area (Å²) in [5.74, 6) is 0.441. The number of benzene rings is 1. The van der Waals surface area contributed by atoms with Crippen LogP contribution < -0.4 is 10.1 Å². The highest BCUT2D eigenvalue weighted by Crippen LogP contribution is 2.27. The zero-order valence-corrected chi connectivity index (χ0v) is 13.1. The van der Waals surface area contributed by atoms with E-state index < -0.39 is 9.84 Å². The molecule has 21 heavy (non-hydrogen) atoms. The van der Waals surface area contributed by atoms with E-state index in [-0.39, 0.29) is 4.90 Å². The Morgan fingerprint density at radius 1 is 1.38 bits per heavy atom. The van der Waals surface area contributed by atoms with E-state index in [9.17, 15) is 8.42 Å². The first-order valence-corrected chi connectivity index (χ1v) is 9.25. The normalized spacial score (nSPS) is 15.1. The first-order valence-electron chi connectivity index (χ1n) is 6.54. The fourth-order valence-electron chi connectivity index (χ4n) is 1.74. The lowest BCUT2D eigenvalue weighted by Crippen LogP contribution is -2.14. The Kier molecular flexibility index (Phi) is 3.92. The SMILES string of the molecule is CS(=O)(=O)c1cccc(Oc2nnc(CNC3CC3)s2)c1. The second kappa shape index (κ2) is 5.70. The van der Waals surface area contributed by atoms with Gasteiger partial charge in [0.1, 0.15) is 10.8 Å². The van der Waals surface area contributed by atoms with Crippen LogP contribution in [0.4, 0.5) is 0 Å². The van der Waals surface area contributed by atoms with Crippen molar-refractivity contribution in [2.75, 3.05) is 6.26 Å². The Morgan fingerprint density at radius 2 is 2.19 bits per heavy atom. The largest absolute Gasteiger partial charge is 0.430 e. The predicted octanol–water partition coefficient (Wildman–Crippen LogP) is 1.99. The summed E-state index contributed by atoms with van der Waals surface area (Å²) in [6.07, 6.45) is 3.61. The lowest BCUT2D eigenvalue weighted by atomic mass is 10.3. The molecule has 112 valence electrons. The van der Waals surface area contributed by atoms with Crippen LogP contribution in [-0.4, -0.2) is 30.9 Å². The van der Waals surface area contributed by atoms with Gasteiger partial charge in [0, 0.05) is 12.3 Å². The molecule has 0 amide bonds. The summed E-state index contributed by atoms with van der Waals surface area (Å²) < 4.78 is 28.6. The molecule has 0 saturated heterocycles. The lowest BCUT2D eigenvalue weighted by molar-refractivity contribution is 0.471. The molecule has 1 aromatic carbocycles. The van der Waals surface area contributed by atoms with Gasteiger partial charge in [0.2, 0.25) is 0 Å². The average Bonchev–Trinajstić information content (AvgIpc) is 3.16. The molecule has 0 spiro atoms. The molecule has 1 aliphatic carbocycles. The van der Waals surface area contributed by atoms with E-state index in [1.165, 1.54) is 42.6 Å². The Bertz CT molecular complexity index is 739. The summed E-state index contributed by atoms with van der Waals surface area (Å²) in [6, 6.07) is 6.97. The van der Waals surface area contributed by atoms with Gasteiger partial charge in [0.05, 0.1) is 11.4 Å². The molecule has 0 unspecified atom stereocenters. The first kappa shape index (κ1) is 14.4. The zero-order valence-electron chi connectivity index (χ0n) is 11.4. The first-order chi connectivity index (χ1) is 10.0. The topological polar surface area (TPSA) is 81.2 Å². The van der Waals surface area contributed by atoms with E-state index in [0.717, 1.165) is 5.01 Å². The van der Waals surface area contributed by atoms with Gasteiger partial charge in [0.25, 0.3) is 5.19 Å². The minimum Gasteiger partial charge on any atom is -0.430 e. The van der Waals surface area contributed by atoms with Gasteiger partial charge >= 0.3 is 0 Å². The summed E-state index contributed by atoms with van der Waals surface area (Å²) in [4.78, 5) is 0.222. The van der Waals surface area contributed by atoms with Gasteiger partial charge < -0.3 is 10.1 Å². The molecule has 1 N–H and O–H groups in total. The van der Waals surface area contributed by atoms with Crippen molar-refractivity contribution in [3.63, 3.8) is 0 Å². The average molecular weight is 325 g/mol. The maximum Gasteiger partial charge on any atom is 0.299 e. The third-order valence-corrected chi connectivity index (χ3v) is 4.92. The van der Waals surface area contributed by atoms with E-state index in [4.69, 9.17) is 4.74 Å². The van der Waals surface area contributed by atoms with Gasteiger partial charge in [-0.25, -0.2) is 8.42 Å². The van der Waals surface area contributed by atoms with Crippen molar-refractivity contribution in [1.29, 1.82) is 0 Å². The molecule has 3 rings (SSSR count). The maximum atomic E-state index is 11.5. The summed E-state index contributed by atoms with van der Waals surface area (Å²) in [7, 11) is -3.25. The van der Waals surface area contributed by atoms with Crippen LogP contribution in [0.2, 0.25) is 0 Å².